The first-order valence-electron chi connectivity index (χ1n) is 6.21. The van der Waals surface area contributed by atoms with Gasteiger partial charge in [0.25, 0.3) is 5.91 Å². The molecule has 0 saturated carbocycles. The number of halogens is 1. The number of para-hydroxylation sites is 1. The summed E-state index contributed by atoms with van der Waals surface area (Å²) >= 11 is 0. The number of amides is 1. The number of nitrogens with zero attached hydrogens (tertiary/aromatic N) is 1. The zero-order valence-electron chi connectivity index (χ0n) is 11.5. The summed E-state index contributed by atoms with van der Waals surface area (Å²) < 4.78 is 5.76. The fraction of sp³-hybridized carbons (Fsp3) is 0.286. The minimum Gasteiger partial charge on any atom is -1.00 e. The van der Waals surface area contributed by atoms with E-state index in [0.717, 1.165) is 16.9 Å². The molecule has 4 N–H and O–H groups in total. The maximum Gasteiger partial charge on any atom is 0.297 e. The Kier molecular flexibility index (Phi) is 5.73. The molecule has 1 aliphatic rings. The molecule has 2 rings (SSSR count). The lowest BCUT2D eigenvalue weighted by molar-refractivity contribution is -0.398. The maximum absolute atomic E-state index is 11.3. The number of hydrogen-bond acceptors (Lipinski definition) is 3. The second-order valence-electron chi connectivity index (χ2n) is 4.58. The fourth-order valence-electron chi connectivity index (χ4n) is 1.69. The van der Waals surface area contributed by atoms with Crippen LogP contribution in [0.15, 0.2) is 34.9 Å². The van der Waals surface area contributed by atoms with E-state index in [2.05, 4.69) is 16.3 Å². The van der Waals surface area contributed by atoms with Gasteiger partial charge >= 0.3 is 0 Å². The van der Waals surface area contributed by atoms with Crippen LogP contribution < -0.4 is 28.3 Å². The van der Waals surface area contributed by atoms with Crippen molar-refractivity contribution >= 4 is 18.2 Å². The van der Waals surface area contributed by atoms with Crippen molar-refractivity contribution in [1.29, 1.82) is 0 Å². The van der Waals surface area contributed by atoms with Crippen LogP contribution in [-0.2, 0) is 4.79 Å². The molecule has 20 heavy (non-hydrogen) atoms. The summed E-state index contributed by atoms with van der Waals surface area (Å²) in [7, 11) is 0. The molecule has 5 nitrogen and oxygen atoms in total. The highest BCUT2D eigenvalue weighted by molar-refractivity contribution is 5.89. The molecule has 0 fully saturated rings. The van der Waals surface area contributed by atoms with Gasteiger partial charge in [-0.3, -0.25) is 4.79 Å². The third kappa shape index (κ3) is 3.82. The Labute approximate surface area is 124 Å². The molecule has 0 bridgehead atoms. The fourth-order valence-corrected chi connectivity index (χ4v) is 1.69. The van der Waals surface area contributed by atoms with Gasteiger partial charge in [-0.25, -0.2) is 5.43 Å². The molecule has 0 aromatic heterocycles. The van der Waals surface area contributed by atoms with Crippen molar-refractivity contribution in [3.63, 3.8) is 0 Å². The molecule has 1 amide bonds. The van der Waals surface area contributed by atoms with Crippen LogP contribution >= 0.6 is 0 Å². The first-order valence-corrected chi connectivity index (χ1v) is 6.21. The lowest BCUT2D eigenvalue weighted by atomic mass is 10.0. The largest absolute Gasteiger partial charge is 1.00 e. The van der Waals surface area contributed by atoms with E-state index in [-0.39, 0.29) is 30.5 Å². The number of ether oxygens (including phenoxy) is 1. The quantitative estimate of drug-likeness (QED) is 0.481. The second kappa shape index (κ2) is 7.07. The molecule has 0 aliphatic carbocycles. The van der Waals surface area contributed by atoms with Crippen molar-refractivity contribution in [1.82, 2.24) is 5.43 Å². The predicted molar refractivity (Wildman–Crippen MR) is 73.5 cm³/mol. The van der Waals surface area contributed by atoms with E-state index in [0.29, 0.717) is 0 Å². The molecule has 0 saturated heterocycles. The molecule has 1 aliphatic heterocycles. The topological polar surface area (TPSA) is 78.3 Å². The van der Waals surface area contributed by atoms with Crippen LogP contribution in [0, 0.1) is 0 Å². The van der Waals surface area contributed by atoms with Crippen molar-refractivity contribution in [2.24, 2.45) is 5.10 Å². The smallest absolute Gasteiger partial charge is 0.297 e. The summed E-state index contributed by atoms with van der Waals surface area (Å²) in [6, 6.07) is 7.48. The van der Waals surface area contributed by atoms with E-state index in [4.69, 9.17) is 4.74 Å². The molecule has 2 atom stereocenters. The summed E-state index contributed by atoms with van der Waals surface area (Å²) in [5, 5.41) is 3.93. The molecule has 1 heterocycles. The van der Waals surface area contributed by atoms with Crippen LogP contribution in [0.1, 0.15) is 19.4 Å². The molecular formula is C14H18ClN3O2. The van der Waals surface area contributed by atoms with Crippen molar-refractivity contribution in [2.75, 3.05) is 0 Å². The summed E-state index contributed by atoms with van der Waals surface area (Å²) in [6.07, 6.45) is 3.53. The average molecular weight is 296 g/mol. The van der Waals surface area contributed by atoms with Crippen LogP contribution in [-0.4, -0.2) is 24.3 Å². The molecule has 1 aromatic carbocycles. The Hall–Kier alpha value is -1.85. The van der Waals surface area contributed by atoms with E-state index >= 15 is 0 Å². The summed E-state index contributed by atoms with van der Waals surface area (Å²) in [6.45, 7) is 3.66. The number of fused-ring (bicyclic) bond motifs is 1. The normalized spacial score (nSPS) is 18.4. The minimum atomic E-state index is -0.327. The van der Waals surface area contributed by atoms with Gasteiger partial charge in [0.15, 0.2) is 6.04 Å². The molecular weight excluding hydrogens is 278 g/mol. The SMILES string of the molecule is CC1Oc2ccccc2C=C1C=NNC(=O)[C@@H](C)[NH3+].[Cl-]. The highest BCUT2D eigenvalue weighted by atomic mass is 35.5. The average Bonchev–Trinajstić information content (AvgIpc) is 2.39. The lowest BCUT2D eigenvalue weighted by Gasteiger charge is -2.22. The van der Waals surface area contributed by atoms with E-state index in [1.165, 1.54) is 0 Å². The Morgan fingerprint density at radius 3 is 2.90 bits per heavy atom. The van der Waals surface area contributed by atoms with Gasteiger partial charge in [-0.1, -0.05) is 18.2 Å². The monoisotopic (exact) mass is 295 g/mol. The maximum atomic E-state index is 11.3. The van der Waals surface area contributed by atoms with Gasteiger partial charge < -0.3 is 22.9 Å². The Balaban J connectivity index is 0.00000200. The van der Waals surface area contributed by atoms with Crippen molar-refractivity contribution in [2.45, 2.75) is 26.0 Å². The molecule has 0 radical (unpaired) electrons. The van der Waals surface area contributed by atoms with Crippen molar-refractivity contribution in [3.8, 4) is 5.75 Å². The first-order chi connectivity index (χ1) is 9.08. The van der Waals surface area contributed by atoms with Gasteiger partial charge in [0.05, 0.1) is 6.21 Å². The zero-order valence-corrected chi connectivity index (χ0v) is 12.2. The van der Waals surface area contributed by atoms with Crippen molar-refractivity contribution < 1.29 is 27.7 Å². The van der Waals surface area contributed by atoms with Gasteiger partial charge in [-0.2, -0.15) is 5.10 Å². The van der Waals surface area contributed by atoms with Gasteiger partial charge in [-0.15, -0.1) is 0 Å². The van der Waals surface area contributed by atoms with E-state index < -0.39 is 0 Å². The van der Waals surface area contributed by atoms with Crippen molar-refractivity contribution in [3.05, 3.63) is 35.4 Å². The minimum absolute atomic E-state index is 0. The predicted octanol–water partition coefficient (Wildman–Crippen LogP) is -2.41. The van der Waals surface area contributed by atoms with Crippen LogP contribution in [0.3, 0.4) is 0 Å². The van der Waals surface area contributed by atoms with E-state index in [1.807, 2.05) is 37.3 Å². The summed E-state index contributed by atoms with van der Waals surface area (Å²) in [5.41, 5.74) is 7.99. The lowest BCUT2D eigenvalue weighted by Crippen LogP contribution is -3.00. The summed E-state index contributed by atoms with van der Waals surface area (Å²) in [4.78, 5) is 11.3. The van der Waals surface area contributed by atoms with Gasteiger partial charge in [0.2, 0.25) is 0 Å². The van der Waals surface area contributed by atoms with E-state index in [9.17, 15) is 4.79 Å². The standard InChI is InChI=1S/C14H17N3O2.ClH/c1-9(15)14(18)17-16-8-12-7-11-5-3-4-6-13(11)19-10(12)2;/h3-10H,15H2,1-2H3,(H,17,18);1H/t9-,10?;/m1./s1. The van der Waals surface area contributed by atoms with E-state index in [1.54, 1.807) is 13.1 Å². The Morgan fingerprint density at radius 1 is 1.50 bits per heavy atom. The third-order valence-electron chi connectivity index (χ3n) is 2.85. The molecule has 1 aromatic rings. The number of carbonyl (C=O) groups excluding carboxylic acids is 1. The molecule has 0 spiro atoms. The number of hydrazone groups is 1. The number of hydrogen-bond donors (Lipinski definition) is 2. The Morgan fingerprint density at radius 2 is 2.20 bits per heavy atom. The Bertz CT molecular complexity index is 541. The number of quaternary nitrogens is 1. The molecule has 6 heteroatoms. The van der Waals surface area contributed by atoms with Gasteiger partial charge in [-0.05, 0) is 26.0 Å². The van der Waals surface area contributed by atoms with Gasteiger partial charge in [0.1, 0.15) is 11.9 Å². The highest BCUT2D eigenvalue weighted by Gasteiger charge is 2.17. The molecule has 1 unspecified atom stereocenters. The molecule has 108 valence electrons. The van der Waals surface area contributed by atoms with Crippen LogP contribution in [0.25, 0.3) is 6.08 Å². The number of nitrogens with one attached hydrogen (secondary N) is 1. The number of benzene rings is 1. The first kappa shape index (κ1) is 16.2. The van der Waals surface area contributed by atoms with Crippen LogP contribution in [0.2, 0.25) is 0 Å². The van der Waals surface area contributed by atoms with Crippen LogP contribution in [0.4, 0.5) is 0 Å². The third-order valence-corrected chi connectivity index (χ3v) is 2.85. The summed E-state index contributed by atoms with van der Waals surface area (Å²) in [5.74, 6) is 0.657. The highest BCUT2D eigenvalue weighted by Crippen LogP contribution is 2.28. The van der Waals surface area contributed by atoms with Gasteiger partial charge in [0, 0.05) is 11.1 Å². The van der Waals surface area contributed by atoms with Crippen LogP contribution in [0.5, 0.6) is 5.75 Å². The number of carbonyl (C=O) groups is 1. The zero-order chi connectivity index (χ0) is 13.8. The number of rotatable bonds is 3. The second-order valence-corrected chi connectivity index (χ2v) is 4.58.